The van der Waals surface area contributed by atoms with E-state index in [9.17, 15) is 18.0 Å². The number of fused-ring (bicyclic) bond motifs is 1. The maximum atomic E-state index is 13.4. The normalized spacial score (nSPS) is 11.8. The van der Waals surface area contributed by atoms with Crippen LogP contribution in [0.5, 0.6) is 0 Å². The second kappa shape index (κ2) is 5.97. The van der Waals surface area contributed by atoms with Gasteiger partial charge in [-0.3, -0.25) is 4.79 Å². The zero-order valence-corrected chi connectivity index (χ0v) is 13.7. The molecule has 9 heteroatoms. The molecule has 4 aromatic rings. The SMILES string of the molecule is NC(=O)c1ccc(C(F)(F)F)c(-n2cc(-c3ccnc4[nH]ccc34)cn2)c1. The Morgan fingerprint density at radius 2 is 2.00 bits per heavy atom. The number of H-pyrrole nitrogens is 1. The number of hydrogen-bond donors (Lipinski definition) is 2. The van der Waals surface area contributed by atoms with Gasteiger partial charge in [0.25, 0.3) is 0 Å². The summed E-state index contributed by atoms with van der Waals surface area (Å²) in [5, 5.41) is 4.88. The number of aromatic amines is 1. The largest absolute Gasteiger partial charge is 0.418 e. The molecule has 0 saturated heterocycles. The summed E-state index contributed by atoms with van der Waals surface area (Å²) in [6.45, 7) is 0. The first-order valence-electron chi connectivity index (χ1n) is 7.83. The van der Waals surface area contributed by atoms with Crippen LogP contribution in [-0.2, 0) is 6.18 Å². The average molecular weight is 371 g/mol. The van der Waals surface area contributed by atoms with E-state index in [0.29, 0.717) is 11.2 Å². The first-order valence-corrected chi connectivity index (χ1v) is 7.83. The van der Waals surface area contributed by atoms with Crippen LogP contribution < -0.4 is 5.73 Å². The van der Waals surface area contributed by atoms with E-state index >= 15 is 0 Å². The quantitative estimate of drug-likeness (QED) is 0.577. The van der Waals surface area contributed by atoms with E-state index in [2.05, 4.69) is 15.1 Å². The van der Waals surface area contributed by atoms with Crippen molar-refractivity contribution < 1.29 is 18.0 Å². The van der Waals surface area contributed by atoms with Gasteiger partial charge in [0.05, 0.1) is 17.4 Å². The zero-order valence-electron chi connectivity index (χ0n) is 13.7. The van der Waals surface area contributed by atoms with Crippen LogP contribution in [0, 0.1) is 0 Å². The molecule has 1 amide bonds. The van der Waals surface area contributed by atoms with Crippen molar-refractivity contribution >= 4 is 16.9 Å². The Morgan fingerprint density at radius 3 is 2.74 bits per heavy atom. The average Bonchev–Trinajstić information content (AvgIpc) is 3.29. The molecule has 0 aliphatic heterocycles. The van der Waals surface area contributed by atoms with Gasteiger partial charge in [0.2, 0.25) is 5.91 Å². The highest BCUT2D eigenvalue weighted by Crippen LogP contribution is 2.35. The van der Waals surface area contributed by atoms with Gasteiger partial charge in [-0.05, 0) is 35.9 Å². The highest BCUT2D eigenvalue weighted by Gasteiger charge is 2.34. The molecule has 0 saturated carbocycles. The van der Waals surface area contributed by atoms with Crippen molar-refractivity contribution in [3.8, 4) is 16.8 Å². The van der Waals surface area contributed by atoms with E-state index < -0.39 is 17.6 Å². The summed E-state index contributed by atoms with van der Waals surface area (Å²) in [4.78, 5) is 18.6. The number of nitrogens with one attached hydrogen (secondary N) is 1. The standard InChI is InChI=1S/C18H12F3N5O/c19-18(20,21)14-2-1-10(16(22)27)7-15(14)26-9-11(8-25-26)12-3-5-23-17-13(12)4-6-24-17/h1-9H,(H2,22,27)(H,23,24). The topological polar surface area (TPSA) is 89.6 Å². The number of rotatable bonds is 3. The number of hydrogen-bond acceptors (Lipinski definition) is 3. The zero-order chi connectivity index (χ0) is 19.2. The van der Waals surface area contributed by atoms with Crippen LogP contribution in [0.25, 0.3) is 27.8 Å². The number of carbonyl (C=O) groups excluding carboxylic acids is 1. The highest BCUT2D eigenvalue weighted by atomic mass is 19.4. The van der Waals surface area contributed by atoms with Crippen LogP contribution in [0.2, 0.25) is 0 Å². The summed E-state index contributed by atoms with van der Waals surface area (Å²) in [7, 11) is 0. The van der Waals surface area contributed by atoms with Gasteiger partial charge in [-0.2, -0.15) is 18.3 Å². The molecule has 0 atom stereocenters. The number of primary amides is 1. The van der Waals surface area contributed by atoms with Crippen LogP contribution in [0.1, 0.15) is 15.9 Å². The molecule has 0 spiro atoms. The van der Waals surface area contributed by atoms with Crippen molar-refractivity contribution in [2.24, 2.45) is 5.73 Å². The summed E-state index contributed by atoms with van der Waals surface area (Å²) < 4.78 is 41.3. The van der Waals surface area contributed by atoms with Gasteiger partial charge in [0.15, 0.2) is 0 Å². The van der Waals surface area contributed by atoms with Gasteiger partial charge in [-0.1, -0.05) is 0 Å². The smallest absolute Gasteiger partial charge is 0.366 e. The molecule has 3 heterocycles. The fourth-order valence-electron chi connectivity index (χ4n) is 2.92. The molecule has 0 aliphatic rings. The molecule has 0 bridgehead atoms. The second-order valence-electron chi connectivity index (χ2n) is 5.87. The van der Waals surface area contributed by atoms with Gasteiger partial charge in [-0.25, -0.2) is 9.67 Å². The lowest BCUT2D eigenvalue weighted by atomic mass is 10.1. The minimum atomic E-state index is -4.61. The predicted molar refractivity (Wildman–Crippen MR) is 92.2 cm³/mol. The summed E-state index contributed by atoms with van der Waals surface area (Å²) in [6.07, 6.45) is 1.64. The van der Waals surface area contributed by atoms with Crippen molar-refractivity contribution in [2.75, 3.05) is 0 Å². The Hall–Kier alpha value is -3.62. The number of nitrogens with two attached hydrogens (primary N) is 1. The van der Waals surface area contributed by atoms with E-state index in [1.165, 1.54) is 12.4 Å². The van der Waals surface area contributed by atoms with Crippen LogP contribution in [0.15, 0.2) is 55.1 Å². The Balaban J connectivity index is 1.87. The van der Waals surface area contributed by atoms with E-state index in [4.69, 9.17) is 5.73 Å². The lowest BCUT2D eigenvalue weighted by Crippen LogP contribution is -2.15. The van der Waals surface area contributed by atoms with E-state index in [1.54, 1.807) is 18.5 Å². The van der Waals surface area contributed by atoms with Crippen molar-refractivity contribution in [3.63, 3.8) is 0 Å². The second-order valence-corrected chi connectivity index (χ2v) is 5.87. The van der Waals surface area contributed by atoms with Gasteiger partial charge in [0, 0.05) is 35.1 Å². The number of benzene rings is 1. The molecule has 0 aliphatic carbocycles. The summed E-state index contributed by atoms with van der Waals surface area (Å²) in [5.74, 6) is -0.819. The third-order valence-electron chi connectivity index (χ3n) is 4.19. The van der Waals surface area contributed by atoms with Gasteiger partial charge >= 0.3 is 6.18 Å². The lowest BCUT2D eigenvalue weighted by molar-refractivity contribution is -0.137. The van der Waals surface area contributed by atoms with Crippen molar-refractivity contribution in [2.45, 2.75) is 6.18 Å². The molecule has 1 aromatic carbocycles. The monoisotopic (exact) mass is 371 g/mol. The van der Waals surface area contributed by atoms with Gasteiger partial charge in [-0.15, -0.1) is 0 Å². The number of carbonyl (C=O) groups is 1. The minimum Gasteiger partial charge on any atom is -0.366 e. The Morgan fingerprint density at radius 1 is 1.19 bits per heavy atom. The molecule has 0 fully saturated rings. The third-order valence-corrected chi connectivity index (χ3v) is 4.19. The molecule has 6 nitrogen and oxygen atoms in total. The fourth-order valence-corrected chi connectivity index (χ4v) is 2.92. The Bertz CT molecular complexity index is 1160. The van der Waals surface area contributed by atoms with Crippen molar-refractivity contribution in [3.05, 3.63) is 66.2 Å². The molecule has 0 unspecified atom stereocenters. The van der Waals surface area contributed by atoms with Crippen LogP contribution in [0.4, 0.5) is 13.2 Å². The first kappa shape index (κ1) is 16.8. The summed E-state index contributed by atoms with van der Waals surface area (Å²) in [5.41, 5.74) is 6.02. The molecule has 136 valence electrons. The summed E-state index contributed by atoms with van der Waals surface area (Å²) in [6, 6.07) is 6.53. The van der Waals surface area contributed by atoms with Crippen molar-refractivity contribution in [1.29, 1.82) is 0 Å². The minimum absolute atomic E-state index is 0.0352. The van der Waals surface area contributed by atoms with Crippen LogP contribution >= 0.6 is 0 Å². The molecular weight excluding hydrogens is 359 g/mol. The van der Waals surface area contributed by atoms with E-state index in [-0.39, 0.29) is 11.3 Å². The van der Waals surface area contributed by atoms with Crippen LogP contribution in [0.3, 0.4) is 0 Å². The molecule has 0 radical (unpaired) electrons. The molecular formula is C18H12F3N5O. The Labute approximate surface area is 150 Å². The predicted octanol–water partition coefficient (Wildman–Crippen LogP) is 3.53. The maximum absolute atomic E-state index is 13.4. The van der Waals surface area contributed by atoms with Crippen LogP contribution in [-0.4, -0.2) is 25.7 Å². The van der Waals surface area contributed by atoms with Gasteiger partial charge in [0.1, 0.15) is 5.65 Å². The fraction of sp³-hybridized carbons (Fsp3) is 0.0556. The molecule has 3 aromatic heterocycles. The number of alkyl halides is 3. The number of halogens is 3. The Kier molecular flexibility index (Phi) is 3.72. The first-order chi connectivity index (χ1) is 12.8. The lowest BCUT2D eigenvalue weighted by Gasteiger charge is -2.13. The van der Waals surface area contributed by atoms with Gasteiger partial charge < -0.3 is 10.7 Å². The molecule has 27 heavy (non-hydrogen) atoms. The third kappa shape index (κ3) is 2.92. The number of pyridine rings is 1. The maximum Gasteiger partial charge on any atom is 0.418 e. The highest BCUT2D eigenvalue weighted by molar-refractivity contribution is 5.94. The number of aromatic nitrogens is 4. The number of amides is 1. The molecule has 4 rings (SSSR count). The van der Waals surface area contributed by atoms with E-state index in [0.717, 1.165) is 33.8 Å². The molecule has 3 N–H and O–H groups in total. The van der Waals surface area contributed by atoms with E-state index in [1.807, 2.05) is 6.07 Å². The number of nitrogens with zero attached hydrogens (tertiary/aromatic N) is 3. The summed E-state index contributed by atoms with van der Waals surface area (Å²) >= 11 is 0. The van der Waals surface area contributed by atoms with Crippen molar-refractivity contribution in [1.82, 2.24) is 19.7 Å².